The number of carboxylic acid groups (broad SMARTS) is 1. The highest BCUT2D eigenvalue weighted by Crippen LogP contribution is 2.34. The summed E-state index contributed by atoms with van der Waals surface area (Å²) in [5.74, 6) is -3.28. The van der Waals surface area contributed by atoms with Crippen molar-refractivity contribution >= 4 is 11.9 Å². The predicted octanol–water partition coefficient (Wildman–Crippen LogP) is 2.92. The van der Waals surface area contributed by atoms with E-state index in [0.29, 0.717) is 37.5 Å². The number of nitrogens with zero attached hydrogens (tertiary/aromatic N) is 2. The third kappa shape index (κ3) is 3.94. The number of aromatic nitrogens is 1. The summed E-state index contributed by atoms with van der Waals surface area (Å²) in [6.07, 6.45) is 2.75. The van der Waals surface area contributed by atoms with Crippen molar-refractivity contribution in [2.75, 3.05) is 13.1 Å². The summed E-state index contributed by atoms with van der Waals surface area (Å²) in [4.78, 5) is 26.6. The zero-order valence-electron chi connectivity index (χ0n) is 16.5. The molecule has 0 unspecified atom stereocenters. The van der Waals surface area contributed by atoms with E-state index in [1.165, 1.54) is 12.1 Å². The largest absolute Gasteiger partial charge is 0.481 e. The van der Waals surface area contributed by atoms with Gasteiger partial charge in [0.15, 0.2) is 11.5 Å². The van der Waals surface area contributed by atoms with Gasteiger partial charge in [0.25, 0.3) is 5.91 Å². The Morgan fingerprint density at radius 1 is 1.23 bits per heavy atom. The molecule has 2 aliphatic rings. The predicted molar refractivity (Wildman–Crippen MR) is 103 cm³/mol. The first-order valence-corrected chi connectivity index (χ1v) is 10.0. The summed E-state index contributed by atoms with van der Waals surface area (Å²) in [6, 6.07) is 4.12. The van der Waals surface area contributed by atoms with Crippen LogP contribution in [0.25, 0.3) is 11.3 Å². The van der Waals surface area contributed by atoms with Crippen LogP contribution in [0.15, 0.2) is 28.8 Å². The highest BCUT2D eigenvalue weighted by atomic mass is 19.1. The van der Waals surface area contributed by atoms with E-state index in [9.17, 15) is 23.5 Å². The Morgan fingerprint density at radius 3 is 2.67 bits per heavy atom. The number of nitrogens with one attached hydrogen (secondary N) is 1. The topological polar surface area (TPSA) is 95.7 Å². The van der Waals surface area contributed by atoms with Gasteiger partial charge in [0.2, 0.25) is 0 Å². The van der Waals surface area contributed by atoms with Gasteiger partial charge >= 0.3 is 5.97 Å². The first-order chi connectivity index (χ1) is 14.3. The molecule has 1 amide bonds. The Morgan fingerprint density at radius 2 is 2.03 bits per heavy atom. The normalized spacial score (nSPS) is 26.8. The maximum atomic E-state index is 13.9. The van der Waals surface area contributed by atoms with E-state index in [1.54, 1.807) is 0 Å². The number of hydrogen-bond donors (Lipinski definition) is 2. The first kappa shape index (κ1) is 20.5. The fourth-order valence-electron chi connectivity index (χ4n) is 4.33. The van der Waals surface area contributed by atoms with Gasteiger partial charge in [-0.3, -0.25) is 14.5 Å². The second-order valence-electron chi connectivity index (χ2n) is 8.13. The molecule has 1 aliphatic heterocycles. The second-order valence-corrected chi connectivity index (χ2v) is 8.13. The molecule has 4 atom stereocenters. The second kappa shape index (κ2) is 8.14. The van der Waals surface area contributed by atoms with Gasteiger partial charge in [0, 0.05) is 37.3 Å². The van der Waals surface area contributed by atoms with E-state index >= 15 is 0 Å². The van der Waals surface area contributed by atoms with Crippen LogP contribution in [-0.4, -0.2) is 52.2 Å². The number of aliphatic carboxylic acids is 1. The van der Waals surface area contributed by atoms with Crippen LogP contribution in [0.1, 0.15) is 36.7 Å². The van der Waals surface area contributed by atoms with Crippen LogP contribution in [0.2, 0.25) is 0 Å². The van der Waals surface area contributed by atoms with E-state index in [4.69, 9.17) is 4.52 Å². The number of rotatable bonds is 5. The number of hydrogen-bond acceptors (Lipinski definition) is 5. The average molecular weight is 419 g/mol. The molecule has 4 rings (SSSR count). The van der Waals surface area contributed by atoms with Gasteiger partial charge in [-0.2, -0.15) is 0 Å². The number of carbonyl (C=O) groups excluding carboxylic acids is 1. The molecule has 0 radical (unpaired) electrons. The summed E-state index contributed by atoms with van der Waals surface area (Å²) < 4.78 is 32.0. The molecule has 1 aliphatic carbocycles. The van der Waals surface area contributed by atoms with Crippen LogP contribution in [0, 0.1) is 23.5 Å². The highest BCUT2D eigenvalue weighted by Gasteiger charge is 2.41. The third-order valence-electron chi connectivity index (χ3n) is 6.26. The molecular formula is C21H23F2N3O4. The smallest absolute Gasteiger partial charge is 0.309 e. The summed E-state index contributed by atoms with van der Waals surface area (Å²) in [7, 11) is 0. The minimum Gasteiger partial charge on any atom is -0.481 e. The molecule has 30 heavy (non-hydrogen) atoms. The SMILES string of the molecule is C[C@@H]1CC[C@@H]1N1CC[C@@H](NC(=O)c2cc(-c3ccc(F)cc3F)on2)[C@H](C(=O)O)C1. The van der Waals surface area contributed by atoms with Crippen molar-refractivity contribution in [3.05, 3.63) is 41.6 Å². The van der Waals surface area contributed by atoms with Crippen LogP contribution in [-0.2, 0) is 4.79 Å². The van der Waals surface area contributed by atoms with E-state index in [2.05, 4.69) is 22.3 Å². The zero-order chi connectivity index (χ0) is 21.4. The summed E-state index contributed by atoms with van der Waals surface area (Å²) in [5, 5.41) is 16.1. The van der Waals surface area contributed by atoms with Gasteiger partial charge in [0.1, 0.15) is 11.6 Å². The van der Waals surface area contributed by atoms with Crippen molar-refractivity contribution in [2.24, 2.45) is 11.8 Å². The Kier molecular flexibility index (Phi) is 5.55. The lowest BCUT2D eigenvalue weighted by atomic mass is 9.78. The molecule has 1 saturated carbocycles. The molecule has 1 saturated heterocycles. The number of amides is 1. The number of carbonyl (C=O) groups is 2. The van der Waals surface area contributed by atoms with Gasteiger partial charge in [-0.15, -0.1) is 0 Å². The number of halogens is 2. The Balaban J connectivity index is 1.44. The molecule has 0 spiro atoms. The molecule has 2 fully saturated rings. The molecule has 0 bridgehead atoms. The van der Waals surface area contributed by atoms with Crippen molar-refractivity contribution in [3.63, 3.8) is 0 Å². The lowest BCUT2D eigenvalue weighted by molar-refractivity contribution is -0.145. The molecule has 7 nitrogen and oxygen atoms in total. The number of piperidine rings is 1. The maximum Gasteiger partial charge on any atom is 0.309 e. The van der Waals surface area contributed by atoms with Crippen molar-refractivity contribution < 1.29 is 28.0 Å². The number of carboxylic acids is 1. The third-order valence-corrected chi connectivity index (χ3v) is 6.26. The van der Waals surface area contributed by atoms with Crippen LogP contribution >= 0.6 is 0 Å². The molecule has 1 aromatic heterocycles. The molecule has 2 N–H and O–H groups in total. The van der Waals surface area contributed by atoms with E-state index in [0.717, 1.165) is 18.9 Å². The van der Waals surface area contributed by atoms with Crippen LogP contribution in [0.4, 0.5) is 8.78 Å². The highest BCUT2D eigenvalue weighted by molar-refractivity contribution is 5.93. The summed E-state index contributed by atoms with van der Waals surface area (Å²) >= 11 is 0. The monoisotopic (exact) mass is 419 g/mol. The van der Waals surface area contributed by atoms with Crippen molar-refractivity contribution in [2.45, 2.75) is 38.3 Å². The number of benzene rings is 1. The number of likely N-dealkylation sites (tertiary alicyclic amines) is 1. The van der Waals surface area contributed by atoms with Crippen LogP contribution < -0.4 is 5.32 Å². The molecule has 2 heterocycles. The van der Waals surface area contributed by atoms with E-state index in [1.807, 2.05) is 0 Å². The quantitative estimate of drug-likeness (QED) is 0.774. The van der Waals surface area contributed by atoms with Gasteiger partial charge < -0.3 is 14.9 Å². The standard InChI is InChI=1S/C21H23F2N3O4/c1-11-2-5-18(11)26-7-6-16(14(10-26)21(28)29)24-20(27)17-9-19(30-25-17)13-4-3-12(22)8-15(13)23/h3-4,8-9,11,14,16,18H,2,5-7,10H2,1H3,(H,24,27)(H,28,29)/t11-,14-,16-,18+/m1/s1. The van der Waals surface area contributed by atoms with E-state index < -0.39 is 35.5 Å². The summed E-state index contributed by atoms with van der Waals surface area (Å²) in [6.45, 7) is 3.28. The van der Waals surface area contributed by atoms with E-state index in [-0.39, 0.29) is 17.0 Å². The van der Waals surface area contributed by atoms with Crippen molar-refractivity contribution in [3.8, 4) is 11.3 Å². The molecular weight excluding hydrogens is 396 g/mol. The minimum absolute atomic E-state index is 0.0128. The van der Waals surface area contributed by atoms with Crippen molar-refractivity contribution in [1.29, 1.82) is 0 Å². The Labute approximate surface area is 172 Å². The average Bonchev–Trinajstić information content (AvgIpc) is 3.17. The lowest BCUT2D eigenvalue weighted by Crippen LogP contribution is -2.58. The van der Waals surface area contributed by atoms with Crippen LogP contribution in [0.3, 0.4) is 0 Å². The van der Waals surface area contributed by atoms with Crippen LogP contribution in [0.5, 0.6) is 0 Å². The Bertz CT molecular complexity index is 963. The molecule has 2 aromatic rings. The fraction of sp³-hybridized carbons (Fsp3) is 0.476. The first-order valence-electron chi connectivity index (χ1n) is 10.0. The minimum atomic E-state index is -0.953. The lowest BCUT2D eigenvalue weighted by Gasteiger charge is -2.47. The van der Waals surface area contributed by atoms with Gasteiger partial charge in [-0.1, -0.05) is 12.1 Å². The van der Waals surface area contributed by atoms with Crippen molar-refractivity contribution in [1.82, 2.24) is 15.4 Å². The van der Waals surface area contributed by atoms with Gasteiger partial charge in [-0.25, -0.2) is 8.78 Å². The maximum absolute atomic E-state index is 13.9. The molecule has 160 valence electrons. The van der Waals surface area contributed by atoms with Gasteiger partial charge in [-0.05, 0) is 37.3 Å². The molecule has 9 heteroatoms. The zero-order valence-corrected chi connectivity index (χ0v) is 16.5. The molecule has 1 aromatic carbocycles. The Hall–Kier alpha value is -2.81. The summed E-state index contributed by atoms with van der Waals surface area (Å²) in [5.41, 5.74) is -0.109. The fourth-order valence-corrected chi connectivity index (χ4v) is 4.33. The van der Waals surface area contributed by atoms with Gasteiger partial charge in [0.05, 0.1) is 11.5 Å².